The molecular weight excluding hydrogens is 256 g/mol. The van der Waals surface area contributed by atoms with E-state index in [4.69, 9.17) is 9.47 Å². The van der Waals surface area contributed by atoms with E-state index in [-0.39, 0.29) is 0 Å². The molecule has 0 amide bonds. The van der Waals surface area contributed by atoms with Crippen molar-refractivity contribution in [2.45, 2.75) is 12.5 Å². The summed E-state index contributed by atoms with van der Waals surface area (Å²) in [5, 5.41) is 0. The highest BCUT2D eigenvalue weighted by Crippen LogP contribution is 2.22. The lowest BCUT2D eigenvalue weighted by molar-refractivity contribution is -0.144. The maximum absolute atomic E-state index is 12.0. The van der Waals surface area contributed by atoms with Crippen molar-refractivity contribution in [3.8, 4) is 5.75 Å². The molecule has 4 nitrogen and oxygen atoms in total. The van der Waals surface area contributed by atoms with Crippen LogP contribution in [0.25, 0.3) is 0 Å². The van der Waals surface area contributed by atoms with Crippen LogP contribution in [0.3, 0.4) is 0 Å². The van der Waals surface area contributed by atoms with Crippen LogP contribution in [-0.2, 0) is 16.0 Å². The minimum absolute atomic E-state index is 0.341. The normalized spacial score (nSPS) is 17.0. The predicted octanol–water partition coefficient (Wildman–Crippen LogP) is 2.37. The number of hydrogen-bond acceptors (Lipinski definition) is 4. The second-order valence-electron chi connectivity index (χ2n) is 4.49. The van der Waals surface area contributed by atoms with Gasteiger partial charge in [-0.15, -0.1) is 0 Å². The summed E-state index contributed by atoms with van der Waals surface area (Å²) in [6.45, 7) is 0. The fourth-order valence-electron chi connectivity index (χ4n) is 2.13. The molecule has 0 fully saturated rings. The van der Waals surface area contributed by atoms with Gasteiger partial charge in [0.2, 0.25) is 6.10 Å². The third-order valence-corrected chi connectivity index (χ3v) is 3.12. The first-order valence-corrected chi connectivity index (χ1v) is 6.29. The molecule has 20 heavy (non-hydrogen) atoms. The second kappa shape index (κ2) is 5.17. The summed E-state index contributed by atoms with van der Waals surface area (Å²) in [6.07, 6.45) is -0.550. The average Bonchev–Trinajstić information content (AvgIpc) is 2.48. The molecule has 100 valence electrons. The van der Waals surface area contributed by atoms with Gasteiger partial charge in [0.25, 0.3) is 0 Å². The van der Waals surface area contributed by atoms with Crippen LogP contribution < -0.4 is 4.74 Å². The number of carbonyl (C=O) groups is 2. The van der Waals surface area contributed by atoms with Gasteiger partial charge in [0.1, 0.15) is 5.75 Å². The standard InChI is InChI=1S/C16H12O4/c17-15-13-9-5-4-6-11(13)10-14(20-15)16(18)19-12-7-2-1-3-8-12/h1-9,14H,10H2/t14-/m0/s1. The van der Waals surface area contributed by atoms with Crippen LogP contribution in [-0.4, -0.2) is 18.0 Å². The summed E-state index contributed by atoms with van der Waals surface area (Å²) in [5.74, 6) is -0.603. The van der Waals surface area contributed by atoms with E-state index >= 15 is 0 Å². The SMILES string of the molecule is O=C1O[C@H](C(=O)Oc2ccccc2)Cc2ccccc21. The number of hydrogen-bond donors (Lipinski definition) is 0. The molecule has 3 rings (SSSR count). The molecule has 0 saturated carbocycles. The van der Waals surface area contributed by atoms with E-state index in [0.717, 1.165) is 5.56 Å². The Labute approximate surface area is 115 Å². The molecule has 0 saturated heterocycles. The van der Waals surface area contributed by atoms with Gasteiger partial charge >= 0.3 is 11.9 Å². The summed E-state index contributed by atoms with van der Waals surface area (Å²) in [6, 6.07) is 15.8. The van der Waals surface area contributed by atoms with Crippen LogP contribution >= 0.6 is 0 Å². The van der Waals surface area contributed by atoms with Crippen LogP contribution in [0, 0.1) is 0 Å². The van der Waals surface area contributed by atoms with Crippen molar-refractivity contribution < 1.29 is 19.1 Å². The van der Waals surface area contributed by atoms with Crippen LogP contribution in [0.2, 0.25) is 0 Å². The van der Waals surface area contributed by atoms with Crippen molar-refractivity contribution in [3.05, 3.63) is 65.7 Å². The van der Waals surface area contributed by atoms with E-state index in [1.165, 1.54) is 0 Å². The van der Waals surface area contributed by atoms with Gasteiger partial charge in [-0.25, -0.2) is 9.59 Å². The van der Waals surface area contributed by atoms with Crippen molar-refractivity contribution in [2.75, 3.05) is 0 Å². The molecule has 0 radical (unpaired) electrons. The van der Waals surface area contributed by atoms with Crippen LogP contribution in [0.5, 0.6) is 5.75 Å². The molecular formula is C16H12O4. The summed E-state index contributed by atoms with van der Waals surface area (Å²) in [5.41, 5.74) is 1.31. The van der Waals surface area contributed by atoms with E-state index < -0.39 is 18.0 Å². The zero-order valence-corrected chi connectivity index (χ0v) is 10.6. The number of cyclic esters (lactones) is 1. The van der Waals surface area contributed by atoms with Gasteiger partial charge in [0.15, 0.2) is 0 Å². The Morgan fingerprint density at radius 1 is 1.05 bits per heavy atom. The minimum Gasteiger partial charge on any atom is -0.446 e. The lowest BCUT2D eigenvalue weighted by atomic mass is 9.99. The van der Waals surface area contributed by atoms with Gasteiger partial charge in [-0.1, -0.05) is 36.4 Å². The molecule has 2 aromatic rings. The zero-order chi connectivity index (χ0) is 13.9. The Bertz CT molecular complexity index is 649. The van der Waals surface area contributed by atoms with E-state index in [9.17, 15) is 9.59 Å². The van der Waals surface area contributed by atoms with Crippen molar-refractivity contribution >= 4 is 11.9 Å². The van der Waals surface area contributed by atoms with Crippen LogP contribution in [0.1, 0.15) is 15.9 Å². The fourth-order valence-corrected chi connectivity index (χ4v) is 2.13. The summed E-state index contributed by atoms with van der Waals surface area (Å²) in [7, 11) is 0. The van der Waals surface area contributed by atoms with E-state index in [0.29, 0.717) is 17.7 Å². The predicted molar refractivity (Wildman–Crippen MR) is 71.4 cm³/mol. The molecule has 0 aliphatic carbocycles. The third-order valence-electron chi connectivity index (χ3n) is 3.12. The maximum atomic E-state index is 12.0. The third kappa shape index (κ3) is 2.40. The van der Waals surface area contributed by atoms with E-state index in [2.05, 4.69) is 0 Å². The van der Waals surface area contributed by atoms with Crippen molar-refractivity contribution in [3.63, 3.8) is 0 Å². The zero-order valence-electron chi connectivity index (χ0n) is 10.6. The Morgan fingerprint density at radius 2 is 1.75 bits per heavy atom. The number of esters is 2. The Balaban J connectivity index is 1.76. The first kappa shape index (κ1) is 12.4. The number of fused-ring (bicyclic) bond motifs is 1. The number of para-hydroxylation sites is 1. The van der Waals surface area contributed by atoms with Gasteiger partial charge in [-0.05, 0) is 23.8 Å². The number of ether oxygens (including phenoxy) is 2. The molecule has 0 bridgehead atoms. The Hall–Kier alpha value is -2.62. The highest BCUT2D eigenvalue weighted by molar-refractivity contribution is 5.95. The van der Waals surface area contributed by atoms with Gasteiger partial charge in [-0.2, -0.15) is 0 Å². The maximum Gasteiger partial charge on any atom is 0.353 e. The summed E-state index contributed by atoms with van der Waals surface area (Å²) >= 11 is 0. The largest absolute Gasteiger partial charge is 0.446 e. The highest BCUT2D eigenvalue weighted by atomic mass is 16.6. The lowest BCUT2D eigenvalue weighted by Crippen LogP contribution is -2.36. The molecule has 2 aromatic carbocycles. The number of benzene rings is 2. The Morgan fingerprint density at radius 3 is 2.55 bits per heavy atom. The first-order valence-electron chi connectivity index (χ1n) is 6.29. The highest BCUT2D eigenvalue weighted by Gasteiger charge is 2.32. The smallest absolute Gasteiger partial charge is 0.353 e. The summed E-state index contributed by atoms with van der Waals surface area (Å²) < 4.78 is 10.3. The van der Waals surface area contributed by atoms with E-state index in [1.807, 2.05) is 18.2 Å². The average molecular weight is 268 g/mol. The van der Waals surface area contributed by atoms with Crippen LogP contribution in [0.4, 0.5) is 0 Å². The van der Waals surface area contributed by atoms with E-state index in [1.54, 1.807) is 36.4 Å². The quantitative estimate of drug-likeness (QED) is 0.620. The molecule has 1 atom stereocenters. The number of carbonyl (C=O) groups excluding carboxylic acids is 2. The summed E-state index contributed by atoms with van der Waals surface area (Å²) in [4.78, 5) is 23.8. The second-order valence-corrected chi connectivity index (χ2v) is 4.49. The van der Waals surface area contributed by atoms with Gasteiger partial charge in [-0.3, -0.25) is 0 Å². The number of rotatable bonds is 2. The van der Waals surface area contributed by atoms with Crippen molar-refractivity contribution in [2.24, 2.45) is 0 Å². The van der Waals surface area contributed by atoms with Gasteiger partial charge in [0, 0.05) is 6.42 Å². The molecule has 0 N–H and O–H groups in total. The van der Waals surface area contributed by atoms with Crippen molar-refractivity contribution in [1.29, 1.82) is 0 Å². The monoisotopic (exact) mass is 268 g/mol. The topological polar surface area (TPSA) is 52.6 Å². The molecule has 0 aromatic heterocycles. The van der Waals surface area contributed by atoms with Crippen LogP contribution in [0.15, 0.2) is 54.6 Å². The van der Waals surface area contributed by atoms with Gasteiger partial charge < -0.3 is 9.47 Å². The first-order chi connectivity index (χ1) is 9.74. The molecule has 4 heteroatoms. The molecule has 1 aliphatic rings. The lowest BCUT2D eigenvalue weighted by Gasteiger charge is -2.22. The Kier molecular flexibility index (Phi) is 3.21. The molecule has 1 heterocycles. The molecule has 1 aliphatic heterocycles. The minimum atomic E-state index is -0.891. The molecule has 0 unspecified atom stereocenters. The van der Waals surface area contributed by atoms with Gasteiger partial charge in [0.05, 0.1) is 5.56 Å². The van der Waals surface area contributed by atoms with Crippen molar-refractivity contribution in [1.82, 2.24) is 0 Å². The molecule has 0 spiro atoms. The fraction of sp³-hybridized carbons (Fsp3) is 0.125.